The summed E-state index contributed by atoms with van der Waals surface area (Å²) in [6.45, 7) is 1.98. The van der Waals surface area contributed by atoms with Crippen LogP contribution in [0, 0.1) is 0 Å². The highest BCUT2D eigenvalue weighted by molar-refractivity contribution is 5.93. The molecule has 1 unspecified atom stereocenters. The van der Waals surface area contributed by atoms with Crippen LogP contribution in [0.5, 0.6) is 0 Å². The zero-order valence-electron chi connectivity index (χ0n) is 14.3. The van der Waals surface area contributed by atoms with Gasteiger partial charge in [0.25, 0.3) is 5.91 Å². The van der Waals surface area contributed by atoms with Gasteiger partial charge in [0.1, 0.15) is 5.69 Å². The van der Waals surface area contributed by atoms with E-state index in [1.807, 2.05) is 53.2 Å². The zero-order chi connectivity index (χ0) is 17.6. The summed E-state index contributed by atoms with van der Waals surface area (Å²) in [5.41, 5.74) is 1.78. The fourth-order valence-corrected chi connectivity index (χ4v) is 2.98. The molecule has 0 aliphatic carbocycles. The number of amides is 1. The normalized spacial score (nSPS) is 17.3. The van der Waals surface area contributed by atoms with E-state index in [1.165, 1.54) is 7.11 Å². The number of esters is 1. The van der Waals surface area contributed by atoms with Crippen molar-refractivity contribution in [2.45, 2.75) is 19.1 Å². The van der Waals surface area contributed by atoms with Crippen LogP contribution in [0.2, 0.25) is 0 Å². The molecule has 25 heavy (non-hydrogen) atoms. The second kappa shape index (κ2) is 7.98. The fraction of sp³-hybridized carbons (Fsp3) is 0.368. The molecule has 1 saturated heterocycles. The van der Waals surface area contributed by atoms with Crippen molar-refractivity contribution in [3.63, 3.8) is 0 Å². The largest absolute Gasteiger partial charge is 0.469 e. The molecule has 0 radical (unpaired) electrons. The van der Waals surface area contributed by atoms with Crippen molar-refractivity contribution in [3.05, 3.63) is 59.9 Å². The van der Waals surface area contributed by atoms with Crippen molar-refractivity contribution in [2.24, 2.45) is 0 Å². The number of carbonyl (C=O) groups is 2. The van der Waals surface area contributed by atoms with Gasteiger partial charge in [-0.15, -0.1) is 0 Å². The second-order valence-corrected chi connectivity index (χ2v) is 6.03. The van der Waals surface area contributed by atoms with E-state index >= 15 is 0 Å². The minimum atomic E-state index is -0.327. The van der Waals surface area contributed by atoms with Gasteiger partial charge >= 0.3 is 5.97 Å². The molecule has 0 saturated carbocycles. The molecule has 0 spiro atoms. The van der Waals surface area contributed by atoms with E-state index in [0.717, 1.165) is 5.56 Å². The smallest absolute Gasteiger partial charge is 0.308 e. The van der Waals surface area contributed by atoms with Gasteiger partial charge < -0.3 is 18.9 Å². The number of rotatable bonds is 5. The van der Waals surface area contributed by atoms with Crippen LogP contribution < -0.4 is 0 Å². The van der Waals surface area contributed by atoms with Crippen LogP contribution in [0.4, 0.5) is 0 Å². The number of nitrogens with zero attached hydrogens (tertiary/aromatic N) is 2. The van der Waals surface area contributed by atoms with Crippen molar-refractivity contribution in [1.29, 1.82) is 0 Å². The van der Waals surface area contributed by atoms with E-state index in [-0.39, 0.29) is 24.4 Å². The van der Waals surface area contributed by atoms with Crippen molar-refractivity contribution < 1.29 is 19.1 Å². The number of hydrogen-bond acceptors (Lipinski definition) is 4. The first kappa shape index (κ1) is 17.2. The zero-order valence-corrected chi connectivity index (χ0v) is 14.3. The van der Waals surface area contributed by atoms with E-state index < -0.39 is 0 Å². The number of methoxy groups -OCH3 is 1. The van der Waals surface area contributed by atoms with Crippen molar-refractivity contribution >= 4 is 11.9 Å². The SMILES string of the molecule is COC(=O)CC1CN(C(=O)c2cccn2Cc2ccccc2)CCO1. The third-order valence-corrected chi connectivity index (χ3v) is 4.29. The fourth-order valence-electron chi connectivity index (χ4n) is 2.98. The maximum atomic E-state index is 12.9. The van der Waals surface area contributed by atoms with Gasteiger partial charge in [-0.05, 0) is 17.7 Å². The first-order valence-corrected chi connectivity index (χ1v) is 8.34. The molecule has 1 aliphatic heterocycles. The third-order valence-electron chi connectivity index (χ3n) is 4.29. The molecule has 2 heterocycles. The summed E-state index contributed by atoms with van der Waals surface area (Å²) in [5.74, 6) is -0.370. The lowest BCUT2D eigenvalue weighted by molar-refractivity contribution is -0.145. The predicted molar refractivity (Wildman–Crippen MR) is 92.3 cm³/mol. The molecule has 1 amide bonds. The topological polar surface area (TPSA) is 60.8 Å². The molecule has 0 bridgehead atoms. The van der Waals surface area contributed by atoms with Gasteiger partial charge in [-0.25, -0.2) is 0 Å². The van der Waals surface area contributed by atoms with Gasteiger partial charge in [-0.1, -0.05) is 30.3 Å². The van der Waals surface area contributed by atoms with Crippen LogP contribution in [0.15, 0.2) is 48.7 Å². The number of morpholine rings is 1. The summed E-state index contributed by atoms with van der Waals surface area (Å²) in [7, 11) is 1.35. The van der Waals surface area contributed by atoms with E-state index in [0.29, 0.717) is 31.9 Å². The average Bonchev–Trinajstić information content (AvgIpc) is 3.10. The molecule has 1 aromatic heterocycles. The molecule has 6 heteroatoms. The summed E-state index contributed by atoms with van der Waals surface area (Å²) in [5, 5.41) is 0. The second-order valence-electron chi connectivity index (χ2n) is 6.03. The van der Waals surface area contributed by atoms with E-state index in [2.05, 4.69) is 4.74 Å². The molecule has 3 rings (SSSR count). The monoisotopic (exact) mass is 342 g/mol. The first-order valence-electron chi connectivity index (χ1n) is 8.34. The van der Waals surface area contributed by atoms with Gasteiger partial charge in [-0.3, -0.25) is 9.59 Å². The Morgan fingerprint density at radius 1 is 1.20 bits per heavy atom. The molecule has 2 aromatic rings. The molecular formula is C19H22N2O4. The highest BCUT2D eigenvalue weighted by atomic mass is 16.5. The number of aromatic nitrogens is 1. The number of carbonyl (C=O) groups excluding carboxylic acids is 2. The van der Waals surface area contributed by atoms with E-state index in [4.69, 9.17) is 4.74 Å². The number of benzene rings is 1. The lowest BCUT2D eigenvalue weighted by Gasteiger charge is -2.32. The minimum absolute atomic E-state index is 0.0425. The molecule has 6 nitrogen and oxygen atoms in total. The van der Waals surface area contributed by atoms with Crippen LogP contribution in [0.1, 0.15) is 22.5 Å². The average molecular weight is 342 g/mol. The highest BCUT2D eigenvalue weighted by Crippen LogP contribution is 2.15. The molecule has 1 fully saturated rings. The van der Waals surface area contributed by atoms with Crippen LogP contribution in [0.3, 0.4) is 0 Å². The molecule has 1 aromatic carbocycles. The molecule has 1 atom stereocenters. The highest BCUT2D eigenvalue weighted by Gasteiger charge is 2.28. The van der Waals surface area contributed by atoms with Gasteiger partial charge in [0.05, 0.1) is 26.2 Å². The Kier molecular flexibility index (Phi) is 5.50. The Balaban J connectivity index is 1.69. The molecule has 0 N–H and O–H groups in total. The summed E-state index contributed by atoms with van der Waals surface area (Å²) in [6.07, 6.45) is 1.75. The Hall–Kier alpha value is -2.60. The van der Waals surface area contributed by atoms with Crippen molar-refractivity contribution in [2.75, 3.05) is 26.8 Å². The summed E-state index contributed by atoms with van der Waals surface area (Å²) in [4.78, 5) is 26.1. The van der Waals surface area contributed by atoms with Gasteiger partial charge in [0.2, 0.25) is 0 Å². The maximum absolute atomic E-state index is 12.9. The third kappa shape index (κ3) is 4.28. The Morgan fingerprint density at radius 3 is 2.76 bits per heavy atom. The van der Waals surface area contributed by atoms with Gasteiger partial charge in [-0.2, -0.15) is 0 Å². The summed E-state index contributed by atoms with van der Waals surface area (Å²) >= 11 is 0. The molecular weight excluding hydrogens is 320 g/mol. The van der Waals surface area contributed by atoms with Crippen molar-refractivity contribution in [1.82, 2.24) is 9.47 Å². The Bertz CT molecular complexity index is 726. The van der Waals surface area contributed by atoms with Crippen molar-refractivity contribution in [3.8, 4) is 0 Å². The van der Waals surface area contributed by atoms with Crippen LogP contribution in [-0.4, -0.2) is 54.3 Å². The van der Waals surface area contributed by atoms with E-state index in [1.54, 1.807) is 4.90 Å². The van der Waals surface area contributed by atoms with Crippen LogP contribution in [0.25, 0.3) is 0 Å². The van der Waals surface area contributed by atoms with Crippen LogP contribution in [-0.2, 0) is 20.8 Å². The van der Waals surface area contributed by atoms with Gasteiger partial charge in [0, 0.05) is 25.8 Å². The molecule has 1 aliphatic rings. The minimum Gasteiger partial charge on any atom is -0.469 e. The Labute approximate surface area is 146 Å². The van der Waals surface area contributed by atoms with Crippen LogP contribution >= 0.6 is 0 Å². The lowest BCUT2D eigenvalue weighted by Crippen LogP contribution is -2.46. The number of ether oxygens (including phenoxy) is 2. The summed E-state index contributed by atoms with van der Waals surface area (Å²) in [6, 6.07) is 13.7. The maximum Gasteiger partial charge on any atom is 0.308 e. The standard InChI is InChI=1S/C19H22N2O4/c1-24-18(22)12-16-14-21(10-11-25-16)19(23)17-8-5-9-20(17)13-15-6-3-2-4-7-15/h2-9,16H,10-14H2,1H3. The summed E-state index contributed by atoms with van der Waals surface area (Å²) < 4.78 is 12.2. The Morgan fingerprint density at radius 2 is 2.00 bits per heavy atom. The van der Waals surface area contributed by atoms with E-state index in [9.17, 15) is 9.59 Å². The quantitative estimate of drug-likeness (QED) is 0.779. The van der Waals surface area contributed by atoms with Gasteiger partial charge in [0.15, 0.2) is 0 Å². The first-order chi connectivity index (χ1) is 12.2. The number of hydrogen-bond donors (Lipinski definition) is 0. The lowest BCUT2D eigenvalue weighted by atomic mass is 10.2. The molecule has 132 valence electrons. The predicted octanol–water partition coefficient (Wildman–Crippen LogP) is 1.94.